The Kier molecular flexibility index (Phi) is 9.21. The summed E-state index contributed by atoms with van der Waals surface area (Å²) in [5.41, 5.74) is 2.70. The molecule has 0 atom stereocenters. The van der Waals surface area contributed by atoms with E-state index < -0.39 is 13.0 Å². The third-order valence-electron chi connectivity index (χ3n) is 3.19. The van der Waals surface area contributed by atoms with Gasteiger partial charge in [0, 0.05) is 5.56 Å². The summed E-state index contributed by atoms with van der Waals surface area (Å²) in [5.74, 6) is 6.19. The Morgan fingerprint density at radius 3 is 2.38 bits per heavy atom. The average molecular weight is 398 g/mol. The molecule has 0 aliphatic heterocycles. The number of alkyl halides is 2. The number of aryl methyl sites for hydroxylation is 1. The number of nitrogens with zero attached hydrogens (tertiary/aromatic N) is 1. The number of nitrogens with one attached hydrogen (secondary N) is 1. The summed E-state index contributed by atoms with van der Waals surface area (Å²) in [4.78, 5) is 0.575. The zero-order valence-corrected chi connectivity index (χ0v) is 15.5. The maximum Gasteiger partial charge on any atom is 0.257 e. The van der Waals surface area contributed by atoms with Crippen LogP contribution in [0, 0.1) is 12.3 Å². The van der Waals surface area contributed by atoms with Gasteiger partial charge < -0.3 is 4.74 Å². The lowest BCUT2D eigenvalue weighted by molar-refractivity contribution is 0.116. The molecule has 24 heavy (non-hydrogen) atoms. The van der Waals surface area contributed by atoms with Crippen molar-refractivity contribution in [3.05, 3.63) is 40.1 Å². The second-order valence-electron chi connectivity index (χ2n) is 4.74. The summed E-state index contributed by atoms with van der Waals surface area (Å²) in [7, 11) is 1.59. The van der Waals surface area contributed by atoms with E-state index in [0.29, 0.717) is 4.88 Å². The van der Waals surface area contributed by atoms with Crippen molar-refractivity contribution in [2.24, 2.45) is 5.84 Å². The lowest BCUT2D eigenvalue weighted by Gasteiger charge is -2.19. The van der Waals surface area contributed by atoms with E-state index in [1.165, 1.54) is 11.3 Å². The number of methoxy groups -OCH3 is 1. The first kappa shape index (κ1) is 22.6. The molecule has 2 aromatic rings. The van der Waals surface area contributed by atoms with Crippen molar-refractivity contribution in [2.45, 2.75) is 13.3 Å². The van der Waals surface area contributed by atoms with E-state index in [4.69, 9.17) is 16.0 Å². The van der Waals surface area contributed by atoms with Gasteiger partial charge in [0.1, 0.15) is 5.75 Å². The molecule has 134 valence electrons. The van der Waals surface area contributed by atoms with Gasteiger partial charge in [-0.15, -0.1) is 36.2 Å². The number of halogens is 4. The summed E-state index contributed by atoms with van der Waals surface area (Å²) < 4.78 is 30.0. The minimum atomic E-state index is -2.59. The molecule has 3 N–H and O–H groups in total. The first-order valence-electron chi connectivity index (χ1n) is 6.55. The molecule has 0 aliphatic rings. The summed E-state index contributed by atoms with van der Waals surface area (Å²) in [6, 6.07) is 7.38. The molecule has 4 nitrogen and oxygen atoms in total. The minimum absolute atomic E-state index is 0. The highest BCUT2D eigenvalue weighted by Crippen LogP contribution is 2.34. The van der Waals surface area contributed by atoms with Crippen molar-refractivity contribution in [3.63, 3.8) is 0 Å². The molecule has 0 spiro atoms. The van der Waals surface area contributed by atoms with Crippen LogP contribution < -0.4 is 10.6 Å². The minimum Gasteiger partial charge on any atom is -0.497 e. The number of thiophene rings is 1. The standard InChI is InChI=1S/C15H17F2N3OS.2ClH/c1-9-8-22-14(15(18)20(19)7-12(16)17)13(9)10-3-5-11(21-2)6-4-10;;/h3-6,8,12,18H,7,19H2,1-2H3;2*1H. The molecule has 2 rings (SSSR count). The number of hydrazine groups is 1. The molecule has 0 amide bonds. The van der Waals surface area contributed by atoms with Crippen LogP contribution in [0.1, 0.15) is 10.4 Å². The van der Waals surface area contributed by atoms with Crippen LogP contribution in [0.2, 0.25) is 0 Å². The van der Waals surface area contributed by atoms with Crippen LogP contribution in [0.5, 0.6) is 5.75 Å². The lowest BCUT2D eigenvalue weighted by atomic mass is 10.0. The molecule has 0 radical (unpaired) electrons. The maximum absolute atomic E-state index is 12.4. The third kappa shape index (κ3) is 5.04. The number of nitrogens with two attached hydrogens (primary N) is 1. The largest absolute Gasteiger partial charge is 0.497 e. The van der Waals surface area contributed by atoms with Gasteiger partial charge in [-0.05, 0) is 35.6 Å². The Bertz CT molecular complexity index is 665. The van der Waals surface area contributed by atoms with Gasteiger partial charge in [0.2, 0.25) is 0 Å². The number of benzene rings is 1. The zero-order valence-electron chi connectivity index (χ0n) is 13.1. The van der Waals surface area contributed by atoms with E-state index in [1.807, 2.05) is 36.6 Å². The molecule has 1 aromatic carbocycles. The molecule has 1 heterocycles. The zero-order chi connectivity index (χ0) is 16.3. The first-order chi connectivity index (χ1) is 10.4. The van der Waals surface area contributed by atoms with Crippen LogP contribution >= 0.6 is 36.2 Å². The van der Waals surface area contributed by atoms with Crippen molar-refractivity contribution >= 4 is 42.0 Å². The number of amidine groups is 1. The highest BCUT2D eigenvalue weighted by molar-refractivity contribution is 7.12. The number of rotatable bonds is 5. The fraction of sp³-hybridized carbons (Fsp3) is 0.267. The molecule has 0 fully saturated rings. The average Bonchev–Trinajstić information content (AvgIpc) is 2.87. The van der Waals surface area contributed by atoms with E-state index in [1.54, 1.807) is 7.11 Å². The van der Waals surface area contributed by atoms with E-state index in [2.05, 4.69) is 0 Å². The van der Waals surface area contributed by atoms with E-state index in [0.717, 1.165) is 27.4 Å². The monoisotopic (exact) mass is 397 g/mol. The molecule has 0 bridgehead atoms. The Morgan fingerprint density at radius 1 is 1.29 bits per heavy atom. The molecule has 1 aromatic heterocycles. The smallest absolute Gasteiger partial charge is 0.257 e. The second-order valence-corrected chi connectivity index (χ2v) is 5.62. The molecule has 9 heteroatoms. The Morgan fingerprint density at radius 2 is 1.88 bits per heavy atom. The van der Waals surface area contributed by atoms with E-state index >= 15 is 0 Å². The van der Waals surface area contributed by atoms with Crippen molar-refractivity contribution in [1.82, 2.24) is 5.01 Å². The topological polar surface area (TPSA) is 62.3 Å². The maximum atomic E-state index is 12.4. The number of hydrogen-bond acceptors (Lipinski definition) is 4. The summed E-state index contributed by atoms with van der Waals surface area (Å²) in [6.45, 7) is 1.25. The summed E-state index contributed by atoms with van der Waals surface area (Å²) in [5, 5.41) is 10.7. The van der Waals surface area contributed by atoms with Crippen LogP contribution in [0.15, 0.2) is 29.6 Å². The molecular formula is C15H19Cl2F2N3OS. The molecule has 0 unspecified atom stereocenters. The Labute approximate surface area is 155 Å². The van der Waals surface area contributed by atoms with E-state index in [-0.39, 0.29) is 30.6 Å². The first-order valence-corrected chi connectivity index (χ1v) is 7.43. The normalized spacial score (nSPS) is 9.92. The quantitative estimate of drug-likeness (QED) is 0.341. The van der Waals surface area contributed by atoms with Gasteiger partial charge in [-0.3, -0.25) is 10.4 Å². The molecule has 0 saturated heterocycles. The van der Waals surface area contributed by atoms with Crippen LogP contribution in [0.4, 0.5) is 8.78 Å². The fourth-order valence-electron chi connectivity index (χ4n) is 2.11. The predicted molar refractivity (Wildman–Crippen MR) is 99.3 cm³/mol. The summed E-state index contributed by atoms with van der Waals surface area (Å²) >= 11 is 1.32. The fourth-order valence-corrected chi connectivity index (χ4v) is 3.14. The predicted octanol–water partition coefficient (Wildman–Crippen LogP) is 4.34. The van der Waals surface area contributed by atoms with Gasteiger partial charge in [-0.1, -0.05) is 12.1 Å². The molecule has 0 aliphatic carbocycles. The van der Waals surface area contributed by atoms with Gasteiger partial charge in [-0.25, -0.2) is 14.6 Å². The SMILES string of the molecule is COc1ccc(-c2c(C)csc2C(=N)N(N)CC(F)F)cc1.Cl.Cl. The van der Waals surface area contributed by atoms with Crippen LogP contribution in [-0.4, -0.2) is 30.9 Å². The lowest BCUT2D eigenvalue weighted by Crippen LogP contribution is -2.40. The van der Waals surface area contributed by atoms with Crippen LogP contribution in [-0.2, 0) is 0 Å². The van der Waals surface area contributed by atoms with Gasteiger partial charge in [-0.2, -0.15) is 0 Å². The highest BCUT2D eigenvalue weighted by atomic mass is 35.5. The molecule has 0 saturated carbocycles. The highest BCUT2D eigenvalue weighted by Gasteiger charge is 2.20. The molecular weight excluding hydrogens is 379 g/mol. The third-order valence-corrected chi connectivity index (χ3v) is 4.30. The number of ether oxygens (including phenoxy) is 1. The van der Waals surface area contributed by atoms with Crippen molar-refractivity contribution in [1.29, 1.82) is 5.41 Å². The van der Waals surface area contributed by atoms with Crippen molar-refractivity contribution in [2.75, 3.05) is 13.7 Å². The Hall–Kier alpha value is -1.41. The van der Waals surface area contributed by atoms with Crippen molar-refractivity contribution in [3.8, 4) is 16.9 Å². The number of hydrogen-bond donors (Lipinski definition) is 2. The van der Waals surface area contributed by atoms with Gasteiger partial charge in [0.15, 0.2) is 5.84 Å². The Balaban J connectivity index is 0.00000264. The van der Waals surface area contributed by atoms with Gasteiger partial charge >= 0.3 is 0 Å². The van der Waals surface area contributed by atoms with Gasteiger partial charge in [0.25, 0.3) is 6.43 Å². The van der Waals surface area contributed by atoms with Gasteiger partial charge in [0.05, 0.1) is 18.5 Å². The summed E-state index contributed by atoms with van der Waals surface area (Å²) in [6.07, 6.45) is -2.59. The van der Waals surface area contributed by atoms with E-state index in [9.17, 15) is 8.78 Å². The van der Waals surface area contributed by atoms with Crippen molar-refractivity contribution < 1.29 is 13.5 Å². The second kappa shape index (κ2) is 9.78. The van der Waals surface area contributed by atoms with Crippen LogP contribution in [0.3, 0.4) is 0 Å². The van der Waals surface area contributed by atoms with Crippen LogP contribution in [0.25, 0.3) is 11.1 Å².